The summed E-state index contributed by atoms with van der Waals surface area (Å²) in [5.74, 6) is 0.672. The number of nitrogens with two attached hydrogens (primary N) is 1. The van der Waals surface area contributed by atoms with E-state index in [0.29, 0.717) is 5.92 Å². The summed E-state index contributed by atoms with van der Waals surface area (Å²) >= 11 is 0. The van der Waals surface area contributed by atoms with E-state index < -0.39 is 5.60 Å². The average Bonchev–Trinajstić information content (AvgIpc) is 2.95. The van der Waals surface area contributed by atoms with Gasteiger partial charge in [0.25, 0.3) is 0 Å². The highest BCUT2D eigenvalue weighted by Gasteiger charge is 2.38. The molecule has 4 nitrogen and oxygen atoms in total. The Morgan fingerprint density at radius 3 is 2.39 bits per heavy atom. The van der Waals surface area contributed by atoms with Crippen molar-refractivity contribution in [1.82, 2.24) is 4.90 Å². The Bertz CT molecular complexity index is 307. The Morgan fingerprint density at radius 2 is 1.94 bits per heavy atom. The lowest BCUT2D eigenvalue weighted by Crippen LogP contribution is -2.50. The van der Waals surface area contributed by atoms with Crippen molar-refractivity contribution in [2.45, 2.75) is 70.6 Å². The van der Waals surface area contributed by atoms with Crippen molar-refractivity contribution in [3.63, 3.8) is 0 Å². The molecule has 2 aliphatic carbocycles. The molecule has 0 aromatic carbocycles. The largest absolute Gasteiger partial charge is 0.444 e. The van der Waals surface area contributed by atoms with Crippen LogP contribution in [0.3, 0.4) is 0 Å². The number of hydrogen-bond acceptors (Lipinski definition) is 3. The molecule has 4 heteroatoms. The van der Waals surface area contributed by atoms with Crippen LogP contribution < -0.4 is 5.73 Å². The van der Waals surface area contributed by atoms with Crippen molar-refractivity contribution >= 4 is 6.09 Å². The summed E-state index contributed by atoms with van der Waals surface area (Å²) in [6, 6.07) is 0.303. The van der Waals surface area contributed by atoms with Gasteiger partial charge in [-0.1, -0.05) is 0 Å². The second kappa shape index (κ2) is 5.08. The highest BCUT2D eigenvalue weighted by atomic mass is 16.6. The lowest BCUT2D eigenvalue weighted by atomic mass is 10.1. The van der Waals surface area contributed by atoms with E-state index in [0.717, 1.165) is 25.8 Å². The molecule has 0 heterocycles. The molecule has 2 atom stereocenters. The van der Waals surface area contributed by atoms with Crippen LogP contribution in [0.15, 0.2) is 0 Å². The van der Waals surface area contributed by atoms with Crippen molar-refractivity contribution in [3.8, 4) is 0 Å². The van der Waals surface area contributed by atoms with Crippen molar-refractivity contribution in [1.29, 1.82) is 0 Å². The summed E-state index contributed by atoms with van der Waals surface area (Å²) < 4.78 is 5.52. The molecule has 0 bridgehead atoms. The minimum absolute atomic E-state index is 0.122. The van der Waals surface area contributed by atoms with Crippen LogP contribution in [0.1, 0.15) is 52.9 Å². The van der Waals surface area contributed by atoms with Gasteiger partial charge in [0.2, 0.25) is 0 Å². The minimum atomic E-state index is -0.429. The summed E-state index contributed by atoms with van der Waals surface area (Å²) in [6.45, 7) is 6.56. The van der Waals surface area contributed by atoms with Crippen LogP contribution in [-0.4, -0.2) is 35.2 Å². The topological polar surface area (TPSA) is 55.6 Å². The molecule has 1 amide bonds. The van der Waals surface area contributed by atoms with Gasteiger partial charge in [-0.25, -0.2) is 4.79 Å². The molecule has 0 radical (unpaired) electrons. The third-order valence-corrected chi connectivity index (χ3v) is 3.71. The van der Waals surface area contributed by atoms with Gasteiger partial charge in [-0.05, 0) is 58.8 Å². The van der Waals surface area contributed by atoms with Crippen molar-refractivity contribution in [2.75, 3.05) is 6.54 Å². The van der Waals surface area contributed by atoms with Crippen LogP contribution in [0.2, 0.25) is 0 Å². The van der Waals surface area contributed by atoms with E-state index in [-0.39, 0.29) is 18.2 Å². The Morgan fingerprint density at radius 1 is 1.28 bits per heavy atom. The van der Waals surface area contributed by atoms with E-state index in [1.165, 1.54) is 12.8 Å². The first-order valence-corrected chi connectivity index (χ1v) is 7.12. The van der Waals surface area contributed by atoms with Crippen molar-refractivity contribution < 1.29 is 9.53 Å². The van der Waals surface area contributed by atoms with Gasteiger partial charge >= 0.3 is 6.09 Å². The van der Waals surface area contributed by atoms with Gasteiger partial charge in [-0.2, -0.15) is 0 Å². The summed E-state index contributed by atoms with van der Waals surface area (Å²) in [5, 5.41) is 0. The standard InChI is InChI=1S/C14H26N2O2/c1-14(2,3)18-13(17)16(9-10-7-8-10)12-6-4-5-11(12)15/h10-12H,4-9,15H2,1-3H3/t11-,12-/m0/s1. The Hall–Kier alpha value is -0.770. The fourth-order valence-electron chi connectivity index (χ4n) is 2.60. The maximum atomic E-state index is 12.3. The van der Waals surface area contributed by atoms with Gasteiger partial charge < -0.3 is 15.4 Å². The number of carbonyl (C=O) groups is 1. The fraction of sp³-hybridized carbons (Fsp3) is 0.929. The first-order valence-electron chi connectivity index (χ1n) is 7.12. The molecule has 2 N–H and O–H groups in total. The highest BCUT2D eigenvalue weighted by molar-refractivity contribution is 5.68. The zero-order valence-electron chi connectivity index (χ0n) is 11.8. The van der Waals surface area contributed by atoms with Gasteiger partial charge in [0, 0.05) is 12.6 Å². The van der Waals surface area contributed by atoms with Gasteiger partial charge in [0.1, 0.15) is 5.60 Å². The number of nitrogens with zero attached hydrogens (tertiary/aromatic N) is 1. The maximum absolute atomic E-state index is 12.3. The predicted molar refractivity (Wildman–Crippen MR) is 71.3 cm³/mol. The minimum Gasteiger partial charge on any atom is -0.444 e. The zero-order valence-corrected chi connectivity index (χ0v) is 11.8. The van der Waals surface area contributed by atoms with Crippen LogP contribution in [-0.2, 0) is 4.74 Å². The SMILES string of the molecule is CC(C)(C)OC(=O)N(CC1CC1)[C@H]1CCC[C@@H]1N. The highest BCUT2D eigenvalue weighted by Crippen LogP contribution is 2.33. The van der Waals surface area contributed by atoms with E-state index in [1.807, 2.05) is 25.7 Å². The molecule has 0 saturated heterocycles. The first-order chi connectivity index (χ1) is 8.37. The van der Waals surface area contributed by atoms with Gasteiger partial charge in [-0.15, -0.1) is 0 Å². The smallest absolute Gasteiger partial charge is 0.410 e. The number of hydrogen-bond donors (Lipinski definition) is 1. The van der Waals surface area contributed by atoms with Crippen molar-refractivity contribution in [3.05, 3.63) is 0 Å². The van der Waals surface area contributed by atoms with E-state index in [4.69, 9.17) is 10.5 Å². The third-order valence-electron chi connectivity index (χ3n) is 3.71. The van der Waals surface area contributed by atoms with Crippen LogP contribution >= 0.6 is 0 Å². The Kier molecular flexibility index (Phi) is 3.85. The van der Waals surface area contributed by atoms with Gasteiger partial charge in [0.05, 0.1) is 6.04 Å². The number of amides is 1. The predicted octanol–water partition coefficient (Wildman–Crippen LogP) is 2.51. The summed E-state index contributed by atoms with van der Waals surface area (Å²) in [7, 11) is 0. The van der Waals surface area contributed by atoms with Crippen LogP contribution in [0.5, 0.6) is 0 Å². The molecule has 2 fully saturated rings. The quantitative estimate of drug-likeness (QED) is 0.842. The third kappa shape index (κ3) is 3.61. The molecule has 0 aromatic heterocycles. The first kappa shape index (κ1) is 13.7. The molecular formula is C14H26N2O2. The Labute approximate surface area is 110 Å². The molecule has 0 aliphatic heterocycles. The molecule has 2 aliphatic rings. The lowest BCUT2D eigenvalue weighted by Gasteiger charge is -2.33. The average molecular weight is 254 g/mol. The van der Waals surface area contributed by atoms with Gasteiger partial charge in [0.15, 0.2) is 0 Å². The van der Waals surface area contributed by atoms with Crippen LogP contribution in [0.4, 0.5) is 4.79 Å². The number of ether oxygens (including phenoxy) is 1. The molecule has 2 saturated carbocycles. The zero-order chi connectivity index (χ0) is 13.3. The van der Waals surface area contributed by atoms with E-state index in [9.17, 15) is 4.79 Å². The lowest BCUT2D eigenvalue weighted by molar-refractivity contribution is 0.0139. The summed E-state index contributed by atoms with van der Waals surface area (Å²) in [4.78, 5) is 14.2. The van der Waals surface area contributed by atoms with E-state index in [2.05, 4.69) is 0 Å². The molecule has 0 aromatic rings. The molecular weight excluding hydrogens is 228 g/mol. The second-order valence-electron chi connectivity index (χ2n) is 6.74. The van der Waals surface area contributed by atoms with Crippen LogP contribution in [0, 0.1) is 5.92 Å². The fourth-order valence-corrected chi connectivity index (χ4v) is 2.60. The number of carbonyl (C=O) groups excluding carboxylic acids is 1. The summed E-state index contributed by atoms with van der Waals surface area (Å²) in [5.41, 5.74) is 5.70. The molecule has 2 rings (SSSR count). The van der Waals surface area contributed by atoms with Gasteiger partial charge in [-0.3, -0.25) is 0 Å². The number of rotatable bonds is 3. The monoisotopic (exact) mass is 254 g/mol. The normalized spacial score (nSPS) is 28.2. The Balaban J connectivity index is 2.01. The van der Waals surface area contributed by atoms with Crippen molar-refractivity contribution in [2.24, 2.45) is 11.7 Å². The maximum Gasteiger partial charge on any atom is 0.410 e. The van der Waals surface area contributed by atoms with Crippen LogP contribution in [0.25, 0.3) is 0 Å². The molecule has 0 spiro atoms. The molecule has 18 heavy (non-hydrogen) atoms. The molecule has 0 unspecified atom stereocenters. The second-order valence-corrected chi connectivity index (χ2v) is 6.74. The summed E-state index contributed by atoms with van der Waals surface area (Å²) in [6.07, 6.45) is 5.46. The molecule has 104 valence electrons. The van der Waals surface area contributed by atoms with E-state index >= 15 is 0 Å². The van der Waals surface area contributed by atoms with E-state index in [1.54, 1.807) is 0 Å².